The Morgan fingerprint density at radius 1 is 0.706 bits per heavy atom. The number of aromatic hydroxyl groups is 2. The second kappa shape index (κ2) is 9.21. The maximum atomic E-state index is 13.2. The van der Waals surface area contributed by atoms with Gasteiger partial charge in [-0.1, -0.05) is 41.5 Å². The number of rotatable bonds is 4. The van der Waals surface area contributed by atoms with Gasteiger partial charge in [-0.15, -0.1) is 0 Å². The zero-order chi connectivity index (χ0) is 25.4. The van der Waals surface area contributed by atoms with Crippen molar-refractivity contribution in [3.05, 3.63) is 57.7 Å². The number of methoxy groups -OCH3 is 2. The van der Waals surface area contributed by atoms with Crippen molar-refractivity contribution in [2.75, 3.05) is 14.2 Å². The Morgan fingerprint density at radius 3 is 1.35 bits per heavy atom. The molecule has 0 aliphatic heterocycles. The number of ketones is 1. The summed E-state index contributed by atoms with van der Waals surface area (Å²) >= 11 is 0. The fourth-order valence-electron chi connectivity index (χ4n) is 4.26. The van der Waals surface area contributed by atoms with Crippen molar-refractivity contribution in [3.8, 4) is 23.0 Å². The Labute approximate surface area is 202 Å². The summed E-state index contributed by atoms with van der Waals surface area (Å²) in [6, 6.07) is 7.35. The third-order valence-corrected chi connectivity index (χ3v) is 6.18. The molecule has 0 saturated heterocycles. The highest BCUT2D eigenvalue weighted by atomic mass is 16.5. The Balaban J connectivity index is 2.00. The van der Waals surface area contributed by atoms with Crippen molar-refractivity contribution in [2.45, 2.75) is 65.2 Å². The van der Waals surface area contributed by atoms with Gasteiger partial charge in [0.1, 0.15) is 0 Å². The number of carbonyl (C=O) groups is 1. The molecule has 5 heteroatoms. The van der Waals surface area contributed by atoms with Crippen LogP contribution in [-0.4, -0.2) is 30.2 Å². The molecule has 1 fully saturated rings. The highest BCUT2D eigenvalue weighted by Gasteiger charge is 2.26. The molecule has 5 nitrogen and oxygen atoms in total. The molecule has 0 atom stereocenters. The normalized spacial score (nSPS) is 17.0. The van der Waals surface area contributed by atoms with Gasteiger partial charge in [-0.05, 0) is 71.2 Å². The molecular weight excluding hydrogens is 428 g/mol. The van der Waals surface area contributed by atoms with Crippen LogP contribution in [0.3, 0.4) is 0 Å². The van der Waals surface area contributed by atoms with E-state index < -0.39 is 0 Å². The number of hydrogen-bond donors (Lipinski definition) is 2. The second-order valence-corrected chi connectivity index (χ2v) is 10.9. The molecule has 2 aromatic carbocycles. The minimum Gasteiger partial charge on any atom is -0.504 e. The van der Waals surface area contributed by atoms with Gasteiger partial charge < -0.3 is 19.7 Å². The van der Waals surface area contributed by atoms with Gasteiger partial charge in [0.2, 0.25) is 0 Å². The molecule has 0 unspecified atom stereocenters. The molecule has 0 aromatic heterocycles. The molecular formula is C29H36O5. The van der Waals surface area contributed by atoms with E-state index in [2.05, 4.69) is 0 Å². The maximum Gasteiger partial charge on any atom is 0.185 e. The molecule has 1 aliphatic carbocycles. The van der Waals surface area contributed by atoms with E-state index in [-0.39, 0.29) is 28.1 Å². The SMILES string of the molecule is COc1cc(/C=C2\CC/C(=C\c3cc(OC)c(O)c(C(C)(C)C)c3)C2=O)cc(C(C)(C)C)c1O. The molecule has 0 heterocycles. The Hall–Kier alpha value is -3.21. The summed E-state index contributed by atoms with van der Waals surface area (Å²) in [4.78, 5) is 13.2. The standard InChI is InChI=1S/C29H36O5/c1-28(2,3)21-13-17(15-23(33-7)26(21)31)11-19-9-10-20(25(19)30)12-18-14-22(29(4,5)6)27(32)24(16-18)34-8/h11-16,31-32H,9-10H2,1-8H3/b19-11+,20-12+. The summed E-state index contributed by atoms with van der Waals surface area (Å²) in [7, 11) is 3.05. The molecule has 0 radical (unpaired) electrons. The Morgan fingerprint density at radius 2 is 1.06 bits per heavy atom. The molecule has 1 aliphatic rings. The molecule has 2 N–H and O–H groups in total. The highest BCUT2D eigenvalue weighted by molar-refractivity contribution is 6.15. The van der Waals surface area contributed by atoms with Crippen molar-refractivity contribution in [2.24, 2.45) is 0 Å². The number of phenolic OH excluding ortho intramolecular Hbond substituents is 2. The van der Waals surface area contributed by atoms with Gasteiger partial charge in [-0.2, -0.15) is 0 Å². The van der Waals surface area contributed by atoms with Crippen LogP contribution in [-0.2, 0) is 15.6 Å². The summed E-state index contributed by atoms with van der Waals surface area (Å²) in [5.41, 5.74) is 4.08. The summed E-state index contributed by atoms with van der Waals surface area (Å²) in [6.45, 7) is 12.2. The topological polar surface area (TPSA) is 76.0 Å². The molecule has 1 saturated carbocycles. The van der Waals surface area contributed by atoms with E-state index in [4.69, 9.17) is 9.47 Å². The van der Waals surface area contributed by atoms with Crippen LogP contribution < -0.4 is 9.47 Å². The van der Waals surface area contributed by atoms with Crippen molar-refractivity contribution >= 4 is 17.9 Å². The molecule has 0 spiro atoms. The first-order valence-corrected chi connectivity index (χ1v) is 11.5. The number of ether oxygens (including phenoxy) is 2. The first-order chi connectivity index (χ1) is 15.8. The quantitative estimate of drug-likeness (QED) is 0.503. The summed E-state index contributed by atoms with van der Waals surface area (Å²) in [6.07, 6.45) is 5.05. The van der Waals surface area contributed by atoms with Crippen LogP contribution in [0.25, 0.3) is 12.2 Å². The van der Waals surface area contributed by atoms with Gasteiger partial charge in [-0.25, -0.2) is 0 Å². The molecule has 34 heavy (non-hydrogen) atoms. The van der Waals surface area contributed by atoms with Crippen molar-refractivity contribution in [1.29, 1.82) is 0 Å². The number of benzene rings is 2. The molecule has 2 aromatic rings. The predicted molar refractivity (Wildman–Crippen MR) is 137 cm³/mol. The average Bonchev–Trinajstić information content (AvgIpc) is 3.07. The lowest BCUT2D eigenvalue weighted by molar-refractivity contribution is -0.111. The molecule has 182 valence electrons. The fraction of sp³-hybridized carbons (Fsp3) is 0.414. The van der Waals surface area contributed by atoms with Gasteiger partial charge in [0.05, 0.1) is 14.2 Å². The lowest BCUT2D eigenvalue weighted by Gasteiger charge is -2.22. The number of hydrogen-bond acceptors (Lipinski definition) is 5. The van der Waals surface area contributed by atoms with Crippen LogP contribution >= 0.6 is 0 Å². The van der Waals surface area contributed by atoms with Crippen LogP contribution in [0, 0.1) is 0 Å². The maximum absolute atomic E-state index is 13.2. The minimum atomic E-state index is -0.278. The van der Waals surface area contributed by atoms with Crippen LogP contribution in [0.5, 0.6) is 23.0 Å². The smallest absolute Gasteiger partial charge is 0.185 e. The van der Waals surface area contributed by atoms with Gasteiger partial charge >= 0.3 is 0 Å². The van der Waals surface area contributed by atoms with Gasteiger partial charge in [-0.3, -0.25) is 4.79 Å². The summed E-state index contributed by atoms with van der Waals surface area (Å²) in [5, 5.41) is 21.1. The zero-order valence-corrected chi connectivity index (χ0v) is 21.5. The monoisotopic (exact) mass is 464 g/mol. The summed E-state index contributed by atoms with van der Waals surface area (Å²) < 4.78 is 10.8. The van der Waals surface area contributed by atoms with Gasteiger partial charge in [0.15, 0.2) is 28.8 Å². The van der Waals surface area contributed by atoms with Crippen LogP contribution in [0.2, 0.25) is 0 Å². The number of phenols is 2. The Bertz CT molecular complexity index is 1080. The molecule has 0 amide bonds. The van der Waals surface area contributed by atoms with Gasteiger partial charge in [0, 0.05) is 22.3 Å². The second-order valence-electron chi connectivity index (χ2n) is 10.9. The zero-order valence-electron chi connectivity index (χ0n) is 21.5. The first kappa shape index (κ1) is 25.4. The van der Waals surface area contributed by atoms with E-state index in [0.717, 1.165) is 33.4 Å². The largest absolute Gasteiger partial charge is 0.504 e. The lowest BCUT2D eigenvalue weighted by Crippen LogP contribution is -2.12. The van der Waals surface area contributed by atoms with E-state index in [9.17, 15) is 15.0 Å². The fourth-order valence-corrected chi connectivity index (χ4v) is 4.26. The lowest BCUT2D eigenvalue weighted by atomic mass is 9.84. The first-order valence-electron chi connectivity index (χ1n) is 11.5. The van der Waals surface area contributed by atoms with Crippen molar-refractivity contribution < 1.29 is 24.5 Å². The van der Waals surface area contributed by atoms with Gasteiger partial charge in [0.25, 0.3) is 0 Å². The molecule has 3 rings (SSSR count). The minimum absolute atomic E-state index is 0.00806. The van der Waals surface area contributed by atoms with Crippen molar-refractivity contribution in [3.63, 3.8) is 0 Å². The Kier molecular flexibility index (Phi) is 6.88. The van der Waals surface area contributed by atoms with E-state index in [1.807, 2.05) is 65.8 Å². The average molecular weight is 465 g/mol. The van der Waals surface area contributed by atoms with E-state index >= 15 is 0 Å². The highest BCUT2D eigenvalue weighted by Crippen LogP contribution is 2.41. The van der Waals surface area contributed by atoms with E-state index in [1.54, 1.807) is 12.1 Å². The van der Waals surface area contributed by atoms with E-state index in [1.165, 1.54) is 14.2 Å². The van der Waals surface area contributed by atoms with Crippen molar-refractivity contribution in [1.82, 2.24) is 0 Å². The number of carbonyl (C=O) groups excluding carboxylic acids is 1. The third-order valence-electron chi connectivity index (χ3n) is 6.18. The van der Waals surface area contributed by atoms with Crippen LogP contribution in [0.4, 0.5) is 0 Å². The van der Waals surface area contributed by atoms with E-state index in [0.29, 0.717) is 24.3 Å². The predicted octanol–water partition coefficient (Wildman–Crippen LogP) is 6.54. The molecule has 0 bridgehead atoms. The number of allylic oxidation sites excluding steroid dienone is 2. The summed E-state index contributed by atoms with van der Waals surface area (Å²) in [5.74, 6) is 1.06. The number of Topliss-reactive ketones (excluding diaryl/α,β-unsaturated/α-hetero) is 1. The third kappa shape index (κ3) is 5.14. The van der Waals surface area contributed by atoms with Crippen LogP contribution in [0.1, 0.15) is 76.6 Å². The van der Waals surface area contributed by atoms with Crippen LogP contribution in [0.15, 0.2) is 35.4 Å².